The number of benzene rings is 1. The number of aliphatic carboxylic acids is 1. The van der Waals surface area contributed by atoms with Gasteiger partial charge in [0, 0.05) is 12.7 Å². The Morgan fingerprint density at radius 3 is 2.20 bits per heavy atom. The van der Waals surface area contributed by atoms with Gasteiger partial charge in [-0.05, 0) is 24.6 Å². The highest BCUT2D eigenvalue weighted by Gasteiger charge is 2.10. The average Bonchev–Trinajstić information content (AvgIpc) is 2.41. The highest BCUT2D eigenvalue weighted by molar-refractivity contribution is 5.95. The van der Waals surface area contributed by atoms with Gasteiger partial charge in [0.2, 0.25) is 0 Å². The van der Waals surface area contributed by atoms with Crippen LogP contribution in [0.5, 0.6) is 0 Å². The number of carbonyl (C=O) groups excluding carboxylic acids is 1. The zero-order valence-electron chi connectivity index (χ0n) is 11.1. The number of amides is 2. The van der Waals surface area contributed by atoms with Crippen molar-refractivity contribution in [3.63, 3.8) is 0 Å². The summed E-state index contributed by atoms with van der Waals surface area (Å²) in [6, 6.07) is 4.35. The molecule has 0 bridgehead atoms. The van der Waals surface area contributed by atoms with E-state index >= 15 is 0 Å². The second kappa shape index (κ2) is 8.48. The molecule has 1 aromatic rings. The van der Waals surface area contributed by atoms with Gasteiger partial charge in [-0.1, -0.05) is 6.07 Å². The molecule has 0 aromatic heterocycles. The number of carboxylic acid groups (broad SMARTS) is 2. The van der Waals surface area contributed by atoms with Gasteiger partial charge in [0.15, 0.2) is 0 Å². The van der Waals surface area contributed by atoms with Crippen molar-refractivity contribution in [2.24, 2.45) is 5.73 Å². The van der Waals surface area contributed by atoms with Crippen molar-refractivity contribution >= 4 is 23.7 Å². The number of nitrogens with two attached hydrogens (primary N) is 1. The molecule has 110 valence electrons. The molecule has 0 spiro atoms. The SMILES string of the molecule is CNC(=O)Nc1cccc(C(=O)O)c1C.NCC(=O)O. The predicted molar refractivity (Wildman–Crippen MR) is 72.9 cm³/mol. The fraction of sp³-hybridized carbons (Fsp3) is 0.250. The Balaban J connectivity index is 0.000000621. The van der Waals surface area contributed by atoms with Crippen molar-refractivity contribution in [1.82, 2.24) is 5.32 Å². The first-order chi connectivity index (χ1) is 9.33. The Bertz CT molecular complexity index is 502. The number of urea groups is 1. The third-order valence-electron chi connectivity index (χ3n) is 2.21. The van der Waals surface area contributed by atoms with E-state index in [1.54, 1.807) is 19.1 Å². The van der Waals surface area contributed by atoms with Crippen LogP contribution in [0.15, 0.2) is 18.2 Å². The van der Waals surface area contributed by atoms with E-state index in [1.165, 1.54) is 13.1 Å². The highest BCUT2D eigenvalue weighted by Crippen LogP contribution is 2.18. The molecule has 0 saturated heterocycles. The molecule has 0 heterocycles. The van der Waals surface area contributed by atoms with E-state index in [-0.39, 0.29) is 18.1 Å². The number of rotatable bonds is 3. The van der Waals surface area contributed by atoms with Crippen molar-refractivity contribution in [3.05, 3.63) is 29.3 Å². The largest absolute Gasteiger partial charge is 0.480 e. The number of nitrogens with one attached hydrogen (secondary N) is 2. The van der Waals surface area contributed by atoms with Gasteiger partial charge < -0.3 is 26.6 Å². The van der Waals surface area contributed by atoms with Crippen LogP contribution < -0.4 is 16.4 Å². The maximum Gasteiger partial charge on any atom is 0.336 e. The molecule has 0 aliphatic rings. The van der Waals surface area contributed by atoms with Gasteiger partial charge in [0.1, 0.15) is 0 Å². The molecule has 8 heteroatoms. The average molecular weight is 283 g/mol. The van der Waals surface area contributed by atoms with E-state index < -0.39 is 11.9 Å². The molecule has 20 heavy (non-hydrogen) atoms. The van der Waals surface area contributed by atoms with Crippen molar-refractivity contribution in [1.29, 1.82) is 0 Å². The first-order valence-electron chi connectivity index (χ1n) is 5.57. The molecule has 0 aliphatic heterocycles. The third-order valence-corrected chi connectivity index (χ3v) is 2.21. The molecular weight excluding hydrogens is 266 g/mol. The maximum absolute atomic E-state index is 11.0. The van der Waals surface area contributed by atoms with E-state index in [9.17, 15) is 14.4 Å². The van der Waals surface area contributed by atoms with Crippen LogP contribution in [0.3, 0.4) is 0 Å². The van der Waals surface area contributed by atoms with Crippen molar-refractivity contribution < 1.29 is 24.6 Å². The number of hydrogen-bond donors (Lipinski definition) is 5. The minimum atomic E-state index is -1.01. The zero-order chi connectivity index (χ0) is 15.7. The summed E-state index contributed by atoms with van der Waals surface area (Å²) in [6.45, 7) is 1.37. The van der Waals surface area contributed by atoms with Crippen molar-refractivity contribution in [2.75, 3.05) is 18.9 Å². The third kappa shape index (κ3) is 5.83. The van der Waals surface area contributed by atoms with Gasteiger partial charge in [0.25, 0.3) is 0 Å². The second-order valence-electron chi connectivity index (χ2n) is 3.59. The Labute approximate surface area is 115 Å². The quantitative estimate of drug-likeness (QED) is 0.546. The summed E-state index contributed by atoms with van der Waals surface area (Å²) in [4.78, 5) is 31.1. The van der Waals surface area contributed by atoms with E-state index in [4.69, 9.17) is 10.2 Å². The highest BCUT2D eigenvalue weighted by atomic mass is 16.4. The van der Waals surface area contributed by atoms with E-state index in [0.29, 0.717) is 11.3 Å². The van der Waals surface area contributed by atoms with Crippen LogP contribution in [-0.4, -0.2) is 41.8 Å². The fourth-order valence-corrected chi connectivity index (χ4v) is 1.19. The standard InChI is InChI=1S/C10H12N2O3.C2H5NO2/c1-6-7(9(13)14)4-3-5-8(6)12-10(15)11-2;3-1-2(4)5/h3-5H,1-2H3,(H,13,14)(H2,11,12,15);1,3H2,(H,4,5). The monoisotopic (exact) mass is 283 g/mol. The first kappa shape index (κ1) is 17.4. The number of anilines is 1. The lowest BCUT2D eigenvalue weighted by Gasteiger charge is -2.09. The Morgan fingerprint density at radius 2 is 1.80 bits per heavy atom. The number of carboxylic acids is 2. The molecule has 0 saturated carbocycles. The van der Waals surface area contributed by atoms with Crippen LogP contribution in [0.1, 0.15) is 15.9 Å². The molecule has 0 aliphatic carbocycles. The van der Waals surface area contributed by atoms with Gasteiger partial charge >= 0.3 is 18.0 Å². The summed E-state index contributed by atoms with van der Waals surface area (Å²) in [5.74, 6) is -1.97. The van der Waals surface area contributed by atoms with Crippen LogP contribution in [0, 0.1) is 6.92 Å². The lowest BCUT2D eigenvalue weighted by Crippen LogP contribution is -2.25. The molecule has 1 aromatic carbocycles. The van der Waals surface area contributed by atoms with Crippen LogP contribution in [0.25, 0.3) is 0 Å². The summed E-state index contributed by atoms with van der Waals surface area (Å²) in [7, 11) is 1.49. The normalized spacial score (nSPS) is 8.95. The van der Waals surface area contributed by atoms with Gasteiger partial charge in [-0.2, -0.15) is 0 Å². The Morgan fingerprint density at radius 1 is 1.25 bits per heavy atom. The minimum Gasteiger partial charge on any atom is -0.480 e. The number of hydrogen-bond acceptors (Lipinski definition) is 4. The molecule has 6 N–H and O–H groups in total. The van der Waals surface area contributed by atoms with Crippen LogP contribution >= 0.6 is 0 Å². The van der Waals surface area contributed by atoms with E-state index in [1.807, 2.05) is 0 Å². The molecular formula is C12H17N3O5. The summed E-state index contributed by atoms with van der Waals surface area (Å²) >= 11 is 0. The van der Waals surface area contributed by atoms with Crippen molar-refractivity contribution in [2.45, 2.75) is 6.92 Å². The topological polar surface area (TPSA) is 142 Å². The summed E-state index contributed by atoms with van der Waals surface area (Å²) in [5, 5.41) is 21.4. The molecule has 0 radical (unpaired) electrons. The van der Waals surface area contributed by atoms with E-state index in [0.717, 1.165) is 0 Å². The Kier molecular flexibility index (Phi) is 7.38. The minimum absolute atomic E-state index is 0.184. The van der Waals surface area contributed by atoms with Gasteiger partial charge in [0.05, 0.1) is 12.1 Å². The van der Waals surface area contributed by atoms with E-state index in [2.05, 4.69) is 16.4 Å². The lowest BCUT2D eigenvalue weighted by molar-refractivity contribution is -0.135. The molecule has 0 unspecified atom stereocenters. The molecule has 0 atom stereocenters. The van der Waals surface area contributed by atoms with Crippen LogP contribution in [0.4, 0.5) is 10.5 Å². The van der Waals surface area contributed by atoms with Gasteiger partial charge in [-0.3, -0.25) is 4.79 Å². The predicted octanol–water partition coefficient (Wildman–Crippen LogP) is 0.474. The van der Waals surface area contributed by atoms with Crippen LogP contribution in [-0.2, 0) is 4.79 Å². The number of aromatic carboxylic acids is 1. The number of carbonyl (C=O) groups is 3. The zero-order valence-corrected chi connectivity index (χ0v) is 11.1. The fourth-order valence-electron chi connectivity index (χ4n) is 1.19. The molecule has 2 amide bonds. The summed E-state index contributed by atoms with van der Waals surface area (Å²) in [6.07, 6.45) is 0. The Hall–Kier alpha value is -2.61. The molecule has 1 rings (SSSR count). The van der Waals surface area contributed by atoms with Crippen molar-refractivity contribution in [3.8, 4) is 0 Å². The van der Waals surface area contributed by atoms with Gasteiger partial charge in [-0.15, -0.1) is 0 Å². The molecule has 0 fully saturated rings. The summed E-state index contributed by atoms with van der Waals surface area (Å²) in [5.41, 5.74) is 5.79. The summed E-state index contributed by atoms with van der Waals surface area (Å²) < 4.78 is 0. The first-order valence-corrected chi connectivity index (χ1v) is 5.57. The smallest absolute Gasteiger partial charge is 0.336 e. The van der Waals surface area contributed by atoms with Crippen LogP contribution in [0.2, 0.25) is 0 Å². The molecule has 8 nitrogen and oxygen atoms in total. The lowest BCUT2D eigenvalue weighted by atomic mass is 10.1. The second-order valence-corrected chi connectivity index (χ2v) is 3.59. The maximum atomic E-state index is 11.0. The van der Waals surface area contributed by atoms with Gasteiger partial charge in [-0.25, -0.2) is 9.59 Å².